The van der Waals surface area contributed by atoms with Gasteiger partial charge in [0.15, 0.2) is 11.5 Å². The van der Waals surface area contributed by atoms with Gasteiger partial charge in [-0.2, -0.15) is 0 Å². The van der Waals surface area contributed by atoms with Crippen molar-refractivity contribution in [3.05, 3.63) is 42.2 Å². The van der Waals surface area contributed by atoms with Gasteiger partial charge in [-0.25, -0.2) is 4.39 Å². The lowest BCUT2D eigenvalue weighted by atomic mass is 10.2. The third kappa shape index (κ3) is 2.61. The molecule has 0 fully saturated rings. The van der Waals surface area contributed by atoms with Gasteiger partial charge in [-0.15, -0.1) is 0 Å². The zero-order valence-corrected chi connectivity index (χ0v) is 11.7. The standard InChI is InChI=1S/C15H17FN2O2/c1-18(11-6-4-5-10(16)7-11)13-9-15(20-3)14(19-2)8-12(13)17/h4-9H,17H2,1-3H3. The van der Waals surface area contributed by atoms with Gasteiger partial charge < -0.3 is 20.1 Å². The van der Waals surface area contributed by atoms with Crippen molar-refractivity contribution in [2.24, 2.45) is 0 Å². The molecule has 2 aromatic carbocycles. The Labute approximate surface area is 117 Å². The zero-order chi connectivity index (χ0) is 14.7. The van der Waals surface area contributed by atoms with E-state index in [1.807, 2.05) is 7.05 Å². The number of nitrogens with two attached hydrogens (primary N) is 1. The first-order valence-electron chi connectivity index (χ1n) is 6.07. The van der Waals surface area contributed by atoms with Crippen LogP contribution in [0.25, 0.3) is 0 Å². The molecule has 2 N–H and O–H groups in total. The molecule has 0 saturated carbocycles. The first-order chi connectivity index (χ1) is 9.56. The molecule has 0 heterocycles. The lowest BCUT2D eigenvalue weighted by Gasteiger charge is -2.22. The molecule has 0 aliphatic carbocycles. The molecule has 0 spiro atoms. The van der Waals surface area contributed by atoms with Gasteiger partial charge in [0.2, 0.25) is 0 Å². The number of nitrogen functional groups attached to an aromatic ring is 1. The fourth-order valence-corrected chi connectivity index (χ4v) is 2.00. The molecule has 0 saturated heterocycles. The first-order valence-corrected chi connectivity index (χ1v) is 6.07. The molecule has 20 heavy (non-hydrogen) atoms. The van der Waals surface area contributed by atoms with E-state index in [9.17, 15) is 4.39 Å². The largest absolute Gasteiger partial charge is 0.493 e. The lowest BCUT2D eigenvalue weighted by Crippen LogP contribution is -2.12. The molecule has 0 atom stereocenters. The summed E-state index contributed by atoms with van der Waals surface area (Å²) in [5.74, 6) is 0.828. The van der Waals surface area contributed by atoms with Crippen molar-refractivity contribution in [2.75, 3.05) is 31.9 Å². The normalized spacial score (nSPS) is 10.2. The van der Waals surface area contributed by atoms with E-state index in [1.165, 1.54) is 12.1 Å². The van der Waals surface area contributed by atoms with Crippen LogP contribution in [0.2, 0.25) is 0 Å². The van der Waals surface area contributed by atoms with Crippen LogP contribution >= 0.6 is 0 Å². The Balaban J connectivity index is 2.46. The highest BCUT2D eigenvalue weighted by Gasteiger charge is 2.13. The molecule has 5 heteroatoms. The highest BCUT2D eigenvalue weighted by Crippen LogP contribution is 2.38. The average Bonchev–Trinajstić information content (AvgIpc) is 2.46. The van der Waals surface area contributed by atoms with Gasteiger partial charge in [0.1, 0.15) is 5.82 Å². The summed E-state index contributed by atoms with van der Waals surface area (Å²) in [6, 6.07) is 9.74. The Morgan fingerprint density at radius 2 is 1.70 bits per heavy atom. The molecule has 2 rings (SSSR count). The molecule has 2 aromatic rings. The second-order valence-electron chi connectivity index (χ2n) is 4.30. The summed E-state index contributed by atoms with van der Waals surface area (Å²) in [4.78, 5) is 1.79. The van der Waals surface area contributed by atoms with Crippen LogP contribution in [-0.4, -0.2) is 21.3 Å². The average molecular weight is 276 g/mol. The van der Waals surface area contributed by atoms with Crippen molar-refractivity contribution in [2.45, 2.75) is 0 Å². The topological polar surface area (TPSA) is 47.7 Å². The van der Waals surface area contributed by atoms with E-state index in [4.69, 9.17) is 15.2 Å². The molecule has 0 aromatic heterocycles. The van der Waals surface area contributed by atoms with Crippen LogP contribution in [0.3, 0.4) is 0 Å². The summed E-state index contributed by atoms with van der Waals surface area (Å²) in [5.41, 5.74) is 7.96. The lowest BCUT2D eigenvalue weighted by molar-refractivity contribution is 0.355. The molecule has 0 aliphatic heterocycles. The van der Waals surface area contributed by atoms with Crippen LogP contribution < -0.4 is 20.1 Å². The van der Waals surface area contributed by atoms with Gasteiger partial charge in [0.25, 0.3) is 0 Å². The number of halogens is 1. The van der Waals surface area contributed by atoms with Crippen LogP contribution in [0, 0.1) is 5.82 Å². The Bertz CT molecular complexity index is 617. The molecule has 106 valence electrons. The second-order valence-corrected chi connectivity index (χ2v) is 4.30. The van der Waals surface area contributed by atoms with Gasteiger partial charge in [0.05, 0.1) is 25.6 Å². The molecule has 0 unspecified atom stereocenters. The summed E-state index contributed by atoms with van der Waals surface area (Å²) >= 11 is 0. The van der Waals surface area contributed by atoms with Crippen LogP contribution in [0.4, 0.5) is 21.5 Å². The predicted molar refractivity (Wildman–Crippen MR) is 78.4 cm³/mol. The Morgan fingerprint density at radius 1 is 1.05 bits per heavy atom. The quantitative estimate of drug-likeness (QED) is 0.871. The summed E-state index contributed by atoms with van der Waals surface area (Å²) in [6.07, 6.45) is 0. The van der Waals surface area contributed by atoms with E-state index in [2.05, 4.69) is 0 Å². The molecule has 4 nitrogen and oxygen atoms in total. The van der Waals surface area contributed by atoms with Crippen molar-refractivity contribution in [3.8, 4) is 11.5 Å². The Hall–Kier alpha value is -2.43. The molecule has 0 aliphatic rings. The summed E-state index contributed by atoms with van der Waals surface area (Å²) in [5, 5.41) is 0. The number of hydrogen-bond donors (Lipinski definition) is 1. The maximum Gasteiger partial charge on any atom is 0.162 e. The van der Waals surface area contributed by atoms with Crippen LogP contribution in [0.15, 0.2) is 36.4 Å². The smallest absolute Gasteiger partial charge is 0.162 e. The molecule has 0 bridgehead atoms. The van der Waals surface area contributed by atoms with Crippen molar-refractivity contribution >= 4 is 17.1 Å². The highest BCUT2D eigenvalue weighted by molar-refractivity contribution is 5.78. The highest BCUT2D eigenvalue weighted by atomic mass is 19.1. The molecular formula is C15H17FN2O2. The Morgan fingerprint density at radius 3 is 2.30 bits per heavy atom. The third-order valence-electron chi connectivity index (χ3n) is 3.09. The van der Waals surface area contributed by atoms with E-state index >= 15 is 0 Å². The summed E-state index contributed by atoms with van der Waals surface area (Å²) in [7, 11) is 4.92. The fourth-order valence-electron chi connectivity index (χ4n) is 2.00. The summed E-state index contributed by atoms with van der Waals surface area (Å²) < 4.78 is 23.8. The van der Waals surface area contributed by atoms with Gasteiger partial charge in [-0.3, -0.25) is 0 Å². The summed E-state index contributed by atoms with van der Waals surface area (Å²) in [6.45, 7) is 0. The third-order valence-corrected chi connectivity index (χ3v) is 3.09. The maximum atomic E-state index is 13.3. The number of methoxy groups -OCH3 is 2. The van der Waals surface area contributed by atoms with Crippen molar-refractivity contribution in [1.29, 1.82) is 0 Å². The molecular weight excluding hydrogens is 259 g/mol. The van der Waals surface area contributed by atoms with Crippen LogP contribution in [-0.2, 0) is 0 Å². The monoisotopic (exact) mass is 276 g/mol. The van der Waals surface area contributed by atoms with E-state index in [1.54, 1.807) is 43.4 Å². The maximum absolute atomic E-state index is 13.3. The SMILES string of the molecule is COc1cc(N)c(N(C)c2cccc(F)c2)cc1OC. The van der Waals surface area contributed by atoms with E-state index in [0.29, 0.717) is 28.6 Å². The van der Waals surface area contributed by atoms with Crippen molar-refractivity contribution in [3.63, 3.8) is 0 Å². The van der Waals surface area contributed by atoms with E-state index in [0.717, 1.165) is 0 Å². The van der Waals surface area contributed by atoms with Gasteiger partial charge in [0, 0.05) is 24.9 Å². The number of anilines is 3. The first kappa shape index (κ1) is 14.0. The van der Waals surface area contributed by atoms with Crippen LogP contribution in [0.1, 0.15) is 0 Å². The fraction of sp³-hybridized carbons (Fsp3) is 0.200. The molecule has 0 amide bonds. The van der Waals surface area contributed by atoms with Gasteiger partial charge in [-0.05, 0) is 18.2 Å². The minimum absolute atomic E-state index is 0.298. The second kappa shape index (κ2) is 5.69. The van der Waals surface area contributed by atoms with Crippen LogP contribution in [0.5, 0.6) is 11.5 Å². The minimum Gasteiger partial charge on any atom is -0.493 e. The predicted octanol–water partition coefficient (Wildman–Crippen LogP) is 3.19. The van der Waals surface area contributed by atoms with Gasteiger partial charge >= 0.3 is 0 Å². The number of benzene rings is 2. The van der Waals surface area contributed by atoms with E-state index < -0.39 is 0 Å². The number of rotatable bonds is 4. The number of nitrogens with zero attached hydrogens (tertiary/aromatic N) is 1. The molecule has 0 radical (unpaired) electrons. The van der Waals surface area contributed by atoms with Crippen molar-refractivity contribution < 1.29 is 13.9 Å². The van der Waals surface area contributed by atoms with Gasteiger partial charge in [-0.1, -0.05) is 6.07 Å². The van der Waals surface area contributed by atoms with Crippen molar-refractivity contribution in [1.82, 2.24) is 0 Å². The minimum atomic E-state index is -0.298. The number of ether oxygens (including phenoxy) is 2. The number of hydrogen-bond acceptors (Lipinski definition) is 4. The Kier molecular flexibility index (Phi) is 3.98. The zero-order valence-electron chi connectivity index (χ0n) is 11.7. The van der Waals surface area contributed by atoms with E-state index in [-0.39, 0.29) is 5.82 Å².